The molecule has 1 aromatic rings. The fraction of sp³-hybridized carbons (Fsp3) is 0.462. The SMILES string of the molecule is O=C(CNC1CCCC1)Nc1ccc(Cl)cc1Cl. The summed E-state index contributed by atoms with van der Waals surface area (Å²) in [5, 5.41) is 7.03. The van der Waals surface area contributed by atoms with Crippen molar-refractivity contribution in [2.24, 2.45) is 0 Å². The Bertz CT molecular complexity index is 431. The highest BCUT2D eigenvalue weighted by Crippen LogP contribution is 2.25. The van der Waals surface area contributed by atoms with E-state index in [1.165, 1.54) is 12.8 Å². The summed E-state index contributed by atoms with van der Waals surface area (Å²) in [5.41, 5.74) is 0.597. The van der Waals surface area contributed by atoms with E-state index in [0.29, 0.717) is 28.3 Å². The molecular formula is C13H16Cl2N2O. The lowest BCUT2D eigenvalue weighted by atomic mass is 10.2. The minimum absolute atomic E-state index is 0.0777. The molecule has 0 spiro atoms. The third-order valence-corrected chi connectivity index (χ3v) is 3.66. The quantitative estimate of drug-likeness (QED) is 0.890. The van der Waals surface area contributed by atoms with Gasteiger partial charge in [-0.3, -0.25) is 4.79 Å². The van der Waals surface area contributed by atoms with Crippen molar-refractivity contribution >= 4 is 34.8 Å². The van der Waals surface area contributed by atoms with Crippen molar-refractivity contribution in [3.8, 4) is 0 Å². The van der Waals surface area contributed by atoms with E-state index >= 15 is 0 Å². The molecule has 0 saturated heterocycles. The molecule has 1 fully saturated rings. The highest BCUT2D eigenvalue weighted by molar-refractivity contribution is 6.36. The second-order valence-electron chi connectivity index (χ2n) is 4.53. The van der Waals surface area contributed by atoms with Gasteiger partial charge in [0.2, 0.25) is 5.91 Å². The van der Waals surface area contributed by atoms with Crippen molar-refractivity contribution in [3.05, 3.63) is 28.2 Å². The van der Waals surface area contributed by atoms with Crippen LogP contribution >= 0.6 is 23.2 Å². The second kappa shape index (κ2) is 6.41. The fourth-order valence-electron chi connectivity index (χ4n) is 2.15. The van der Waals surface area contributed by atoms with E-state index in [4.69, 9.17) is 23.2 Å². The number of halogens is 2. The molecule has 1 amide bonds. The van der Waals surface area contributed by atoms with E-state index in [9.17, 15) is 4.79 Å². The smallest absolute Gasteiger partial charge is 0.238 e. The molecule has 5 heteroatoms. The summed E-state index contributed by atoms with van der Waals surface area (Å²) >= 11 is 11.8. The standard InChI is InChI=1S/C13H16Cl2N2O/c14-9-5-6-12(11(15)7-9)17-13(18)8-16-10-3-1-2-4-10/h5-7,10,16H,1-4,8H2,(H,17,18). The van der Waals surface area contributed by atoms with Gasteiger partial charge >= 0.3 is 0 Å². The summed E-state index contributed by atoms with van der Waals surface area (Å²) < 4.78 is 0. The van der Waals surface area contributed by atoms with Crippen LogP contribution in [0.5, 0.6) is 0 Å². The van der Waals surface area contributed by atoms with Crippen molar-refractivity contribution in [1.29, 1.82) is 0 Å². The second-order valence-corrected chi connectivity index (χ2v) is 5.38. The topological polar surface area (TPSA) is 41.1 Å². The Morgan fingerprint density at radius 2 is 2.00 bits per heavy atom. The van der Waals surface area contributed by atoms with Gasteiger partial charge in [-0.2, -0.15) is 0 Å². The molecule has 1 saturated carbocycles. The first-order valence-corrected chi connectivity index (χ1v) is 6.89. The van der Waals surface area contributed by atoms with Gasteiger partial charge in [-0.05, 0) is 31.0 Å². The Labute approximate surface area is 117 Å². The lowest BCUT2D eigenvalue weighted by Crippen LogP contribution is -2.34. The molecular weight excluding hydrogens is 271 g/mol. The number of nitrogens with one attached hydrogen (secondary N) is 2. The highest BCUT2D eigenvalue weighted by atomic mass is 35.5. The minimum Gasteiger partial charge on any atom is -0.324 e. The average Bonchev–Trinajstić information content (AvgIpc) is 2.83. The summed E-state index contributed by atoms with van der Waals surface area (Å²) in [6.45, 7) is 0.323. The van der Waals surface area contributed by atoms with Crippen LogP contribution < -0.4 is 10.6 Å². The van der Waals surface area contributed by atoms with E-state index in [1.54, 1.807) is 18.2 Å². The third-order valence-electron chi connectivity index (χ3n) is 3.11. The monoisotopic (exact) mass is 286 g/mol. The Kier molecular flexibility index (Phi) is 4.87. The van der Waals surface area contributed by atoms with Crippen LogP contribution in [0.2, 0.25) is 10.0 Å². The Morgan fingerprint density at radius 1 is 1.28 bits per heavy atom. The van der Waals surface area contributed by atoms with Crippen LogP contribution in [0.3, 0.4) is 0 Å². The van der Waals surface area contributed by atoms with Gasteiger partial charge in [-0.25, -0.2) is 0 Å². The van der Waals surface area contributed by atoms with E-state index in [2.05, 4.69) is 10.6 Å². The maximum absolute atomic E-state index is 11.7. The van der Waals surface area contributed by atoms with E-state index in [1.807, 2.05) is 0 Å². The van der Waals surface area contributed by atoms with Crippen LogP contribution in [-0.2, 0) is 4.79 Å². The summed E-state index contributed by atoms with van der Waals surface area (Å²) in [5.74, 6) is -0.0777. The maximum Gasteiger partial charge on any atom is 0.238 e. The molecule has 0 bridgehead atoms. The van der Waals surface area contributed by atoms with Crippen molar-refractivity contribution in [1.82, 2.24) is 5.32 Å². The van der Waals surface area contributed by atoms with Crippen LogP contribution in [-0.4, -0.2) is 18.5 Å². The number of amides is 1. The zero-order chi connectivity index (χ0) is 13.0. The first-order chi connectivity index (χ1) is 8.65. The van der Waals surface area contributed by atoms with Gasteiger partial charge in [-0.15, -0.1) is 0 Å². The number of hydrogen-bond acceptors (Lipinski definition) is 2. The molecule has 0 aromatic heterocycles. The van der Waals surface area contributed by atoms with Gasteiger partial charge in [0.1, 0.15) is 0 Å². The van der Waals surface area contributed by atoms with Crippen molar-refractivity contribution in [3.63, 3.8) is 0 Å². The van der Waals surface area contributed by atoms with Crippen LogP contribution in [0.25, 0.3) is 0 Å². The number of benzene rings is 1. The fourth-order valence-corrected chi connectivity index (χ4v) is 2.61. The zero-order valence-electron chi connectivity index (χ0n) is 10.0. The molecule has 2 rings (SSSR count). The zero-order valence-corrected chi connectivity index (χ0v) is 11.5. The molecule has 0 heterocycles. The average molecular weight is 287 g/mol. The summed E-state index contributed by atoms with van der Waals surface area (Å²) in [6, 6.07) is 5.51. The largest absolute Gasteiger partial charge is 0.324 e. The molecule has 0 atom stereocenters. The predicted molar refractivity (Wildman–Crippen MR) is 75.4 cm³/mol. The van der Waals surface area contributed by atoms with E-state index in [0.717, 1.165) is 12.8 Å². The third kappa shape index (κ3) is 3.87. The van der Waals surface area contributed by atoms with Crippen LogP contribution in [0.15, 0.2) is 18.2 Å². The van der Waals surface area contributed by atoms with Crippen LogP contribution in [0, 0.1) is 0 Å². The van der Waals surface area contributed by atoms with Crippen molar-refractivity contribution in [2.45, 2.75) is 31.7 Å². The molecule has 18 heavy (non-hydrogen) atoms. The Hall–Kier alpha value is -0.770. The number of hydrogen-bond donors (Lipinski definition) is 2. The Balaban J connectivity index is 1.82. The molecule has 1 aliphatic carbocycles. The molecule has 3 nitrogen and oxygen atoms in total. The lowest BCUT2D eigenvalue weighted by molar-refractivity contribution is -0.115. The Morgan fingerprint density at radius 3 is 2.67 bits per heavy atom. The van der Waals surface area contributed by atoms with Gasteiger partial charge in [0.25, 0.3) is 0 Å². The first-order valence-electron chi connectivity index (χ1n) is 6.13. The molecule has 0 radical (unpaired) electrons. The highest BCUT2D eigenvalue weighted by Gasteiger charge is 2.15. The minimum atomic E-state index is -0.0777. The maximum atomic E-state index is 11.7. The normalized spacial score (nSPS) is 15.9. The number of rotatable bonds is 4. The first kappa shape index (κ1) is 13.7. The number of carbonyl (C=O) groups excluding carboxylic acids is 1. The predicted octanol–water partition coefficient (Wildman–Crippen LogP) is 3.46. The van der Waals surface area contributed by atoms with Crippen LogP contribution in [0.1, 0.15) is 25.7 Å². The molecule has 1 aromatic carbocycles. The number of anilines is 1. The summed E-state index contributed by atoms with van der Waals surface area (Å²) in [7, 11) is 0. The lowest BCUT2D eigenvalue weighted by Gasteiger charge is -2.12. The summed E-state index contributed by atoms with van der Waals surface area (Å²) in [6.07, 6.45) is 4.83. The van der Waals surface area contributed by atoms with Gasteiger partial charge < -0.3 is 10.6 Å². The summed E-state index contributed by atoms with van der Waals surface area (Å²) in [4.78, 5) is 11.7. The molecule has 0 aliphatic heterocycles. The van der Waals surface area contributed by atoms with E-state index < -0.39 is 0 Å². The van der Waals surface area contributed by atoms with Gasteiger partial charge in [0, 0.05) is 11.1 Å². The van der Waals surface area contributed by atoms with Gasteiger partial charge in [0.15, 0.2) is 0 Å². The molecule has 0 unspecified atom stereocenters. The van der Waals surface area contributed by atoms with Crippen molar-refractivity contribution in [2.75, 3.05) is 11.9 Å². The van der Waals surface area contributed by atoms with Gasteiger partial charge in [0.05, 0.1) is 17.3 Å². The van der Waals surface area contributed by atoms with Crippen LogP contribution in [0.4, 0.5) is 5.69 Å². The molecule has 2 N–H and O–H groups in total. The van der Waals surface area contributed by atoms with Gasteiger partial charge in [-0.1, -0.05) is 36.0 Å². The molecule has 1 aliphatic rings. The van der Waals surface area contributed by atoms with Crippen molar-refractivity contribution < 1.29 is 4.79 Å². The molecule has 98 valence electrons. The number of carbonyl (C=O) groups is 1. The van der Waals surface area contributed by atoms with E-state index in [-0.39, 0.29) is 5.91 Å².